The first-order valence-corrected chi connectivity index (χ1v) is 29.5. The summed E-state index contributed by atoms with van der Waals surface area (Å²) in [6.07, 6.45) is 63.7. The summed E-state index contributed by atoms with van der Waals surface area (Å²) in [5.41, 5.74) is 0. The number of nitrogens with one attached hydrogen (secondary N) is 1. The van der Waals surface area contributed by atoms with Gasteiger partial charge in [-0.05, 0) is 70.6 Å². The van der Waals surface area contributed by atoms with E-state index >= 15 is 0 Å². The quantitative estimate of drug-likeness (QED) is 0.0243. The van der Waals surface area contributed by atoms with Crippen molar-refractivity contribution in [2.24, 2.45) is 0 Å². The van der Waals surface area contributed by atoms with E-state index in [9.17, 15) is 19.4 Å². The number of carbonyl (C=O) groups is 1. The third-order valence-corrected chi connectivity index (χ3v) is 13.5. The molecule has 0 aliphatic heterocycles. The van der Waals surface area contributed by atoms with Gasteiger partial charge in [0.25, 0.3) is 0 Å². The normalized spacial score (nSPS) is 14.3. The molecule has 3 unspecified atom stereocenters. The minimum atomic E-state index is -4.36. The molecule has 0 aliphatic carbocycles. The van der Waals surface area contributed by atoms with Crippen LogP contribution in [0.15, 0.2) is 48.6 Å². The van der Waals surface area contributed by atoms with Gasteiger partial charge in [0.05, 0.1) is 39.9 Å². The molecule has 0 rings (SSSR count). The Morgan fingerprint density at radius 3 is 1.21 bits per heavy atom. The molecule has 0 bridgehead atoms. The number of amides is 1. The molecule has 3 atom stereocenters. The summed E-state index contributed by atoms with van der Waals surface area (Å²) < 4.78 is 23.6. The Kier molecular flexibility index (Phi) is 47.4. The van der Waals surface area contributed by atoms with Crippen LogP contribution in [0.1, 0.15) is 258 Å². The third-order valence-electron chi connectivity index (χ3n) is 12.5. The number of aliphatic hydroxyl groups excluding tert-OH is 1. The molecular formula is C57H110N2O6P+. The minimum Gasteiger partial charge on any atom is -0.387 e. The highest BCUT2D eigenvalue weighted by Crippen LogP contribution is 2.43. The minimum absolute atomic E-state index is 0.0512. The van der Waals surface area contributed by atoms with Crippen LogP contribution in [0, 0.1) is 0 Å². The van der Waals surface area contributed by atoms with Gasteiger partial charge >= 0.3 is 7.82 Å². The Morgan fingerprint density at radius 1 is 0.500 bits per heavy atom. The van der Waals surface area contributed by atoms with Crippen molar-refractivity contribution in [3.05, 3.63) is 48.6 Å². The molecular weight excluding hydrogens is 840 g/mol. The van der Waals surface area contributed by atoms with Crippen molar-refractivity contribution in [1.82, 2.24) is 5.32 Å². The molecule has 0 aromatic carbocycles. The maximum absolute atomic E-state index is 12.9. The van der Waals surface area contributed by atoms with Gasteiger partial charge in [-0.2, -0.15) is 0 Å². The summed E-state index contributed by atoms with van der Waals surface area (Å²) in [4.78, 5) is 23.2. The molecule has 0 fully saturated rings. The van der Waals surface area contributed by atoms with E-state index in [1.807, 2.05) is 27.2 Å². The number of phosphoric ester groups is 1. The fourth-order valence-electron chi connectivity index (χ4n) is 8.07. The number of hydrogen-bond acceptors (Lipinski definition) is 5. The molecule has 388 valence electrons. The maximum Gasteiger partial charge on any atom is 0.472 e. The van der Waals surface area contributed by atoms with E-state index in [0.29, 0.717) is 17.4 Å². The maximum atomic E-state index is 12.9. The lowest BCUT2D eigenvalue weighted by molar-refractivity contribution is -0.870. The van der Waals surface area contributed by atoms with Gasteiger partial charge in [-0.3, -0.25) is 13.8 Å². The standard InChI is InChI=1S/C57H109N2O6P/c1-6-8-10-12-14-16-18-20-22-23-24-25-26-27-28-29-30-31-32-33-34-35-36-37-38-40-42-44-46-48-50-56(60)55(54-65-66(62,63)64-53-52-59(3,4)5)58-57(61)51-49-47-45-43-41-39-21-19-17-15-13-11-9-7-2/h19,21,35-36,40,42,48,50,55-56,60H,6-18,20,22-34,37-39,41,43-47,49,51-54H2,1-5H3,(H-,58,61,62,63)/p+1/b21-19-,36-35+,42-40+,50-48+. The second-order valence-electron chi connectivity index (χ2n) is 20.3. The zero-order valence-corrected chi connectivity index (χ0v) is 45.1. The molecule has 9 heteroatoms. The van der Waals surface area contributed by atoms with Crippen LogP contribution in [-0.2, 0) is 18.4 Å². The number of phosphoric acid groups is 1. The highest BCUT2D eigenvalue weighted by molar-refractivity contribution is 7.47. The van der Waals surface area contributed by atoms with Crippen LogP contribution >= 0.6 is 7.82 Å². The van der Waals surface area contributed by atoms with Crippen LogP contribution in [0.25, 0.3) is 0 Å². The van der Waals surface area contributed by atoms with Crippen LogP contribution < -0.4 is 5.32 Å². The van der Waals surface area contributed by atoms with Gasteiger partial charge in [0.15, 0.2) is 0 Å². The van der Waals surface area contributed by atoms with Gasteiger partial charge in [-0.25, -0.2) is 4.57 Å². The van der Waals surface area contributed by atoms with E-state index in [-0.39, 0.29) is 19.1 Å². The fraction of sp³-hybridized carbons (Fsp3) is 0.842. The molecule has 0 saturated carbocycles. The molecule has 3 N–H and O–H groups in total. The number of carbonyl (C=O) groups excluding carboxylic acids is 1. The van der Waals surface area contributed by atoms with E-state index in [0.717, 1.165) is 57.8 Å². The van der Waals surface area contributed by atoms with Gasteiger partial charge in [0.2, 0.25) is 5.91 Å². The molecule has 0 radical (unpaired) electrons. The molecule has 0 aliphatic rings. The van der Waals surface area contributed by atoms with E-state index in [2.05, 4.69) is 55.6 Å². The number of allylic oxidation sites excluding steroid dienone is 7. The Morgan fingerprint density at radius 2 is 0.833 bits per heavy atom. The number of rotatable bonds is 51. The zero-order valence-electron chi connectivity index (χ0n) is 44.2. The zero-order chi connectivity index (χ0) is 48.5. The van der Waals surface area contributed by atoms with Gasteiger partial charge in [-0.15, -0.1) is 0 Å². The predicted octanol–water partition coefficient (Wildman–Crippen LogP) is 16.8. The molecule has 0 spiro atoms. The average Bonchev–Trinajstić information content (AvgIpc) is 3.28. The number of likely N-dealkylation sites (N-methyl/N-ethyl adjacent to an activating group) is 1. The Bertz CT molecular complexity index is 1210. The second kappa shape index (κ2) is 48.5. The van der Waals surface area contributed by atoms with Crippen molar-refractivity contribution in [3.8, 4) is 0 Å². The molecule has 0 aromatic rings. The number of aliphatic hydroxyl groups is 1. The molecule has 0 aromatic heterocycles. The van der Waals surface area contributed by atoms with Crippen molar-refractivity contribution in [3.63, 3.8) is 0 Å². The Balaban J connectivity index is 4.22. The fourth-order valence-corrected chi connectivity index (χ4v) is 8.81. The smallest absolute Gasteiger partial charge is 0.387 e. The molecule has 0 heterocycles. The second-order valence-corrected chi connectivity index (χ2v) is 21.7. The lowest BCUT2D eigenvalue weighted by atomic mass is 10.0. The topological polar surface area (TPSA) is 105 Å². The van der Waals surface area contributed by atoms with E-state index in [1.54, 1.807) is 6.08 Å². The summed E-state index contributed by atoms with van der Waals surface area (Å²) >= 11 is 0. The Hall–Kier alpha value is -1.54. The van der Waals surface area contributed by atoms with Crippen molar-refractivity contribution in [1.29, 1.82) is 0 Å². The number of nitrogens with zero attached hydrogens (tertiary/aromatic N) is 1. The Labute approximate surface area is 409 Å². The SMILES string of the molecule is CCCCCCC/C=C\CCCCCCCC(=O)NC(COP(=O)(O)OCC[N+](C)(C)C)C(O)/C=C/CC/C=C/CC/C=C/CCCCCCCCCCCCCCCCCCCCCC. The predicted molar refractivity (Wildman–Crippen MR) is 286 cm³/mol. The molecule has 0 saturated heterocycles. The first-order chi connectivity index (χ1) is 32.0. The molecule has 66 heavy (non-hydrogen) atoms. The first kappa shape index (κ1) is 64.5. The lowest BCUT2D eigenvalue weighted by Crippen LogP contribution is -2.45. The summed E-state index contributed by atoms with van der Waals surface area (Å²) in [5.74, 6) is -0.200. The van der Waals surface area contributed by atoms with Crippen molar-refractivity contribution < 1.29 is 32.9 Å². The summed E-state index contributed by atoms with van der Waals surface area (Å²) in [6.45, 7) is 4.78. The lowest BCUT2D eigenvalue weighted by Gasteiger charge is -2.25. The van der Waals surface area contributed by atoms with Crippen molar-refractivity contribution in [2.45, 2.75) is 270 Å². The van der Waals surface area contributed by atoms with Crippen LogP contribution in [0.3, 0.4) is 0 Å². The van der Waals surface area contributed by atoms with E-state index < -0.39 is 20.0 Å². The van der Waals surface area contributed by atoms with E-state index in [1.165, 1.54) is 180 Å². The van der Waals surface area contributed by atoms with Gasteiger partial charge in [0.1, 0.15) is 13.2 Å². The largest absolute Gasteiger partial charge is 0.472 e. The summed E-state index contributed by atoms with van der Waals surface area (Å²) in [6, 6.07) is -0.874. The average molecular weight is 950 g/mol. The summed E-state index contributed by atoms with van der Waals surface area (Å²) in [7, 11) is 1.54. The van der Waals surface area contributed by atoms with Crippen LogP contribution in [-0.4, -0.2) is 73.4 Å². The van der Waals surface area contributed by atoms with Crippen LogP contribution in [0.2, 0.25) is 0 Å². The van der Waals surface area contributed by atoms with Crippen LogP contribution in [0.5, 0.6) is 0 Å². The number of hydrogen-bond donors (Lipinski definition) is 3. The van der Waals surface area contributed by atoms with E-state index in [4.69, 9.17) is 9.05 Å². The molecule has 1 amide bonds. The summed E-state index contributed by atoms with van der Waals surface area (Å²) in [5, 5.41) is 13.9. The first-order valence-electron chi connectivity index (χ1n) is 28.0. The monoisotopic (exact) mass is 950 g/mol. The van der Waals surface area contributed by atoms with Crippen molar-refractivity contribution >= 4 is 13.7 Å². The number of unbranched alkanes of at least 4 members (excludes halogenated alkanes) is 32. The van der Waals surface area contributed by atoms with Gasteiger partial charge < -0.3 is 19.8 Å². The number of quaternary nitrogens is 1. The van der Waals surface area contributed by atoms with Crippen molar-refractivity contribution in [2.75, 3.05) is 40.9 Å². The third kappa shape index (κ3) is 50.3. The van der Waals surface area contributed by atoms with Crippen LogP contribution in [0.4, 0.5) is 0 Å². The highest BCUT2D eigenvalue weighted by Gasteiger charge is 2.27. The highest BCUT2D eigenvalue weighted by atomic mass is 31.2. The van der Waals surface area contributed by atoms with Gasteiger partial charge in [0, 0.05) is 6.42 Å². The molecule has 8 nitrogen and oxygen atoms in total. The van der Waals surface area contributed by atoms with Gasteiger partial charge in [-0.1, -0.05) is 229 Å².